The molecule has 0 saturated carbocycles. The summed E-state index contributed by atoms with van der Waals surface area (Å²) < 4.78 is 10.8. The van der Waals surface area contributed by atoms with Crippen molar-refractivity contribution in [2.24, 2.45) is 5.73 Å². The molecule has 0 aromatic rings. The third kappa shape index (κ3) is 8.29. The van der Waals surface area contributed by atoms with Gasteiger partial charge in [-0.2, -0.15) is 0 Å². The molecular formula is C8H16INO3. The van der Waals surface area contributed by atoms with E-state index < -0.39 is 6.09 Å². The van der Waals surface area contributed by atoms with E-state index in [-0.39, 0.29) is 6.10 Å². The molecular weight excluding hydrogens is 285 g/mol. The maximum absolute atomic E-state index is 10.4. The number of alkyl halides is 1. The summed E-state index contributed by atoms with van der Waals surface area (Å²) >= 11 is 2.13. The van der Waals surface area contributed by atoms with Crippen LogP contribution in [0, 0.1) is 0 Å². The molecule has 0 fully saturated rings. The highest BCUT2D eigenvalue weighted by atomic mass is 127. The van der Waals surface area contributed by atoms with Crippen LogP contribution < -0.4 is 5.73 Å². The van der Waals surface area contributed by atoms with Gasteiger partial charge in [-0.15, -0.1) is 0 Å². The molecule has 0 aromatic heterocycles. The standard InChI is InChI=1S/C8H16INO3/c1-2-3-4-12-6-7(5-9)13-8(10)11/h7H,2-6H2,1H3,(H2,10,11)/t7-/m0/s1. The Hall–Kier alpha value is -0.0400. The van der Waals surface area contributed by atoms with Crippen LogP contribution in [0.5, 0.6) is 0 Å². The molecule has 5 heteroatoms. The minimum absolute atomic E-state index is 0.213. The fraction of sp³-hybridized carbons (Fsp3) is 0.875. The summed E-state index contributed by atoms with van der Waals surface area (Å²) in [6.45, 7) is 3.25. The zero-order chi connectivity index (χ0) is 10.1. The van der Waals surface area contributed by atoms with Crippen molar-refractivity contribution in [2.75, 3.05) is 17.6 Å². The molecule has 0 aliphatic carbocycles. The molecule has 13 heavy (non-hydrogen) atoms. The third-order valence-corrected chi connectivity index (χ3v) is 2.38. The average molecular weight is 301 g/mol. The zero-order valence-electron chi connectivity index (χ0n) is 7.79. The lowest BCUT2D eigenvalue weighted by Crippen LogP contribution is -2.28. The van der Waals surface area contributed by atoms with Crippen molar-refractivity contribution in [3.05, 3.63) is 0 Å². The lowest BCUT2D eigenvalue weighted by molar-refractivity contribution is 0.0346. The number of primary amides is 1. The van der Waals surface area contributed by atoms with Gasteiger partial charge in [0.25, 0.3) is 0 Å². The average Bonchev–Trinajstić information content (AvgIpc) is 2.09. The number of carbonyl (C=O) groups is 1. The Balaban J connectivity index is 3.42. The fourth-order valence-electron chi connectivity index (χ4n) is 0.736. The highest BCUT2D eigenvalue weighted by Gasteiger charge is 2.10. The van der Waals surface area contributed by atoms with Crippen molar-refractivity contribution in [3.8, 4) is 0 Å². The number of rotatable bonds is 7. The number of nitrogens with two attached hydrogens (primary N) is 1. The first-order valence-electron chi connectivity index (χ1n) is 4.30. The smallest absolute Gasteiger partial charge is 0.404 e. The van der Waals surface area contributed by atoms with E-state index in [1.807, 2.05) is 0 Å². The van der Waals surface area contributed by atoms with Crippen molar-refractivity contribution in [1.82, 2.24) is 0 Å². The molecule has 1 amide bonds. The molecule has 4 nitrogen and oxygen atoms in total. The number of ether oxygens (including phenoxy) is 2. The van der Waals surface area contributed by atoms with Crippen molar-refractivity contribution in [3.63, 3.8) is 0 Å². The predicted molar refractivity (Wildman–Crippen MR) is 59.1 cm³/mol. The van der Waals surface area contributed by atoms with Crippen LogP contribution in [-0.4, -0.2) is 29.8 Å². The van der Waals surface area contributed by atoms with Gasteiger partial charge in [0.1, 0.15) is 6.10 Å². The van der Waals surface area contributed by atoms with Gasteiger partial charge in [-0.25, -0.2) is 4.79 Å². The molecule has 0 rings (SSSR count). The summed E-state index contributed by atoms with van der Waals surface area (Å²) in [5.74, 6) is 0. The molecule has 0 spiro atoms. The first-order chi connectivity index (χ1) is 6.20. The Morgan fingerprint density at radius 1 is 1.62 bits per heavy atom. The maximum Gasteiger partial charge on any atom is 0.404 e. The van der Waals surface area contributed by atoms with Crippen LogP contribution in [0.25, 0.3) is 0 Å². The number of unbranched alkanes of at least 4 members (excludes halogenated alkanes) is 1. The molecule has 0 unspecified atom stereocenters. The number of carbonyl (C=O) groups excluding carboxylic acids is 1. The minimum atomic E-state index is -0.735. The van der Waals surface area contributed by atoms with E-state index in [9.17, 15) is 4.79 Å². The van der Waals surface area contributed by atoms with Gasteiger partial charge < -0.3 is 15.2 Å². The second-order valence-electron chi connectivity index (χ2n) is 2.64. The fourth-order valence-corrected chi connectivity index (χ4v) is 1.17. The van der Waals surface area contributed by atoms with Gasteiger partial charge in [-0.3, -0.25) is 0 Å². The molecule has 0 radical (unpaired) electrons. The molecule has 0 heterocycles. The second kappa shape index (κ2) is 8.55. The van der Waals surface area contributed by atoms with Crippen LogP contribution in [0.2, 0.25) is 0 Å². The summed E-state index contributed by atoms with van der Waals surface area (Å²) in [6, 6.07) is 0. The molecule has 2 N–H and O–H groups in total. The molecule has 0 bridgehead atoms. The Morgan fingerprint density at radius 3 is 2.77 bits per heavy atom. The van der Waals surface area contributed by atoms with Crippen LogP contribution in [0.4, 0.5) is 4.79 Å². The highest BCUT2D eigenvalue weighted by molar-refractivity contribution is 14.1. The van der Waals surface area contributed by atoms with Gasteiger partial charge in [0.05, 0.1) is 6.61 Å². The van der Waals surface area contributed by atoms with Crippen molar-refractivity contribution in [2.45, 2.75) is 25.9 Å². The number of hydrogen-bond donors (Lipinski definition) is 1. The number of amides is 1. The molecule has 0 aliphatic rings. The maximum atomic E-state index is 10.4. The van der Waals surface area contributed by atoms with Gasteiger partial charge >= 0.3 is 6.09 Å². The molecule has 78 valence electrons. The van der Waals surface area contributed by atoms with Gasteiger partial charge in [-0.1, -0.05) is 35.9 Å². The van der Waals surface area contributed by atoms with Gasteiger partial charge in [0.2, 0.25) is 0 Å². The topological polar surface area (TPSA) is 61.6 Å². The predicted octanol–water partition coefficient (Wildman–Crippen LogP) is 1.70. The minimum Gasteiger partial charge on any atom is -0.443 e. The van der Waals surface area contributed by atoms with Crippen LogP contribution in [0.3, 0.4) is 0 Å². The van der Waals surface area contributed by atoms with Gasteiger partial charge in [0.15, 0.2) is 0 Å². The van der Waals surface area contributed by atoms with E-state index in [1.165, 1.54) is 0 Å². The Labute approximate surface area is 92.3 Å². The van der Waals surface area contributed by atoms with E-state index in [1.54, 1.807) is 0 Å². The van der Waals surface area contributed by atoms with Crippen LogP contribution in [-0.2, 0) is 9.47 Å². The summed E-state index contributed by atoms with van der Waals surface area (Å²) in [5, 5.41) is 0. The van der Waals surface area contributed by atoms with Crippen LogP contribution in [0.1, 0.15) is 19.8 Å². The lowest BCUT2D eigenvalue weighted by Gasteiger charge is -2.13. The van der Waals surface area contributed by atoms with Gasteiger partial charge in [-0.05, 0) is 6.42 Å². The van der Waals surface area contributed by atoms with E-state index in [2.05, 4.69) is 29.5 Å². The second-order valence-corrected chi connectivity index (χ2v) is 3.52. The van der Waals surface area contributed by atoms with E-state index >= 15 is 0 Å². The summed E-state index contributed by atoms with van der Waals surface area (Å²) in [4.78, 5) is 10.4. The first-order valence-corrected chi connectivity index (χ1v) is 5.83. The van der Waals surface area contributed by atoms with Crippen LogP contribution >= 0.6 is 22.6 Å². The van der Waals surface area contributed by atoms with E-state index in [0.29, 0.717) is 17.6 Å². The number of hydrogen-bond acceptors (Lipinski definition) is 3. The summed E-state index contributed by atoms with van der Waals surface area (Å²) in [5.41, 5.74) is 4.88. The normalized spacial score (nSPS) is 12.5. The van der Waals surface area contributed by atoms with E-state index in [4.69, 9.17) is 15.2 Å². The quantitative estimate of drug-likeness (QED) is 0.442. The van der Waals surface area contributed by atoms with Crippen molar-refractivity contribution in [1.29, 1.82) is 0 Å². The van der Waals surface area contributed by atoms with Gasteiger partial charge in [0, 0.05) is 11.0 Å². The Morgan fingerprint density at radius 2 is 2.31 bits per heavy atom. The zero-order valence-corrected chi connectivity index (χ0v) is 9.95. The third-order valence-electron chi connectivity index (χ3n) is 1.40. The van der Waals surface area contributed by atoms with E-state index in [0.717, 1.165) is 12.8 Å². The highest BCUT2D eigenvalue weighted by Crippen LogP contribution is 2.00. The molecule has 1 atom stereocenters. The van der Waals surface area contributed by atoms with Crippen molar-refractivity contribution >= 4 is 28.7 Å². The SMILES string of the molecule is CCCCOC[C@H](CI)OC(N)=O. The van der Waals surface area contributed by atoms with Crippen LogP contribution in [0.15, 0.2) is 0 Å². The lowest BCUT2D eigenvalue weighted by atomic mass is 10.3. The Kier molecular flexibility index (Phi) is 8.53. The number of halogens is 1. The first kappa shape index (κ1) is 13.0. The monoisotopic (exact) mass is 301 g/mol. The largest absolute Gasteiger partial charge is 0.443 e. The Bertz CT molecular complexity index is 143. The molecule has 0 saturated heterocycles. The molecule has 0 aliphatic heterocycles. The summed E-state index contributed by atoms with van der Waals surface area (Å²) in [6.07, 6.45) is 1.19. The summed E-state index contributed by atoms with van der Waals surface area (Å²) in [7, 11) is 0. The van der Waals surface area contributed by atoms with Crippen molar-refractivity contribution < 1.29 is 14.3 Å². The molecule has 0 aromatic carbocycles.